The number of hydrogen-bond donors (Lipinski definition) is 0. The van der Waals surface area contributed by atoms with Gasteiger partial charge in [-0.1, -0.05) is 231 Å². The van der Waals surface area contributed by atoms with Crippen molar-refractivity contribution >= 4 is 17.1 Å². The number of para-hydroxylation sites is 1. The Balaban J connectivity index is 0.939. The third kappa shape index (κ3) is 5.59. The number of rotatable bonds is 6. The topological polar surface area (TPSA) is 3.24 Å². The lowest BCUT2D eigenvalue weighted by Crippen LogP contribution is -2.43. The molecule has 11 aromatic rings. The predicted molar refractivity (Wildman–Crippen MR) is 286 cm³/mol. The molecule has 2 spiro atoms. The van der Waals surface area contributed by atoms with E-state index >= 15 is 0 Å². The molecule has 11 aromatic carbocycles. The molecule has 0 bridgehead atoms. The van der Waals surface area contributed by atoms with Crippen LogP contribution in [-0.2, 0) is 10.8 Å². The van der Waals surface area contributed by atoms with E-state index in [0.717, 1.165) is 17.1 Å². The summed E-state index contributed by atoms with van der Waals surface area (Å²) in [5, 5.41) is 0. The van der Waals surface area contributed by atoms with Crippen LogP contribution >= 0.6 is 0 Å². The summed E-state index contributed by atoms with van der Waals surface area (Å²) in [5.41, 5.74) is 25.5. The first-order valence-corrected chi connectivity index (χ1v) is 24.1. The minimum absolute atomic E-state index is 0.472. The first-order chi connectivity index (χ1) is 34.2. The SMILES string of the molecule is c1ccc(-c2cccc(-c3ccc(N(c4ccccc4)c4cccc(-c5cccc6c5-c5ccccc5C65c6ccccc6C6(c7ccccc7-c7ccccc76)c6ccccc65)c4)cc3)c2)cc1. The molecule has 1 heteroatoms. The predicted octanol–water partition coefficient (Wildman–Crippen LogP) is 17.2. The van der Waals surface area contributed by atoms with E-state index < -0.39 is 10.8 Å². The fourth-order valence-electron chi connectivity index (χ4n) is 12.7. The molecule has 0 N–H and O–H groups in total. The van der Waals surface area contributed by atoms with E-state index in [4.69, 9.17) is 0 Å². The Morgan fingerprint density at radius 3 is 1.16 bits per heavy atom. The van der Waals surface area contributed by atoms with E-state index in [9.17, 15) is 0 Å². The molecule has 0 amide bonds. The summed E-state index contributed by atoms with van der Waals surface area (Å²) >= 11 is 0. The third-order valence-corrected chi connectivity index (χ3v) is 15.3. The van der Waals surface area contributed by atoms with Gasteiger partial charge in [0.25, 0.3) is 0 Å². The van der Waals surface area contributed by atoms with Crippen LogP contribution < -0.4 is 4.90 Å². The second-order valence-corrected chi connectivity index (χ2v) is 18.7. The van der Waals surface area contributed by atoms with Gasteiger partial charge in [-0.05, 0) is 143 Å². The highest BCUT2D eigenvalue weighted by molar-refractivity contribution is 5.99. The highest BCUT2D eigenvalue weighted by Crippen LogP contribution is 2.68. The van der Waals surface area contributed by atoms with Gasteiger partial charge in [0.15, 0.2) is 0 Å². The average molecular weight is 876 g/mol. The fraction of sp³-hybridized carbons (Fsp3) is 0.0294. The van der Waals surface area contributed by atoms with Crippen LogP contribution in [0.2, 0.25) is 0 Å². The lowest BCUT2D eigenvalue weighted by molar-refractivity contribution is 0.633. The van der Waals surface area contributed by atoms with Crippen molar-refractivity contribution in [2.24, 2.45) is 0 Å². The molecule has 3 aliphatic carbocycles. The van der Waals surface area contributed by atoms with Crippen molar-refractivity contribution in [1.82, 2.24) is 0 Å². The number of fused-ring (bicyclic) bond motifs is 16. The minimum Gasteiger partial charge on any atom is -0.310 e. The molecule has 322 valence electrons. The molecule has 3 aliphatic rings. The molecule has 0 saturated carbocycles. The van der Waals surface area contributed by atoms with Gasteiger partial charge in [0.1, 0.15) is 0 Å². The maximum absolute atomic E-state index is 2.43. The van der Waals surface area contributed by atoms with Crippen molar-refractivity contribution in [3.8, 4) is 55.6 Å². The van der Waals surface area contributed by atoms with Gasteiger partial charge in [-0.3, -0.25) is 0 Å². The van der Waals surface area contributed by atoms with Gasteiger partial charge in [0.05, 0.1) is 10.8 Å². The molecule has 0 unspecified atom stereocenters. The average Bonchev–Trinajstić information content (AvgIpc) is 3.90. The van der Waals surface area contributed by atoms with Crippen LogP contribution in [0.25, 0.3) is 55.6 Å². The lowest BCUT2D eigenvalue weighted by Gasteiger charge is -2.48. The second kappa shape index (κ2) is 15.4. The molecule has 0 aliphatic heterocycles. The summed E-state index contributed by atoms with van der Waals surface area (Å²) in [4.78, 5) is 2.39. The summed E-state index contributed by atoms with van der Waals surface area (Å²) in [6.45, 7) is 0. The Morgan fingerprint density at radius 1 is 0.203 bits per heavy atom. The van der Waals surface area contributed by atoms with Crippen LogP contribution in [0.3, 0.4) is 0 Å². The van der Waals surface area contributed by atoms with Crippen molar-refractivity contribution in [3.63, 3.8) is 0 Å². The quantitative estimate of drug-likeness (QED) is 0.161. The highest BCUT2D eigenvalue weighted by Gasteiger charge is 2.59. The summed E-state index contributed by atoms with van der Waals surface area (Å²) in [6, 6.07) is 102. The highest BCUT2D eigenvalue weighted by atomic mass is 15.1. The van der Waals surface area contributed by atoms with Crippen LogP contribution in [0.4, 0.5) is 17.1 Å². The van der Waals surface area contributed by atoms with Crippen LogP contribution in [0, 0.1) is 0 Å². The molecule has 0 aromatic heterocycles. The molecule has 0 fully saturated rings. The van der Waals surface area contributed by atoms with E-state index in [-0.39, 0.29) is 0 Å². The number of hydrogen-bond acceptors (Lipinski definition) is 1. The second-order valence-electron chi connectivity index (χ2n) is 18.7. The van der Waals surface area contributed by atoms with E-state index in [2.05, 4.69) is 278 Å². The van der Waals surface area contributed by atoms with Crippen LogP contribution in [0.1, 0.15) is 44.5 Å². The lowest BCUT2D eigenvalue weighted by atomic mass is 9.52. The third-order valence-electron chi connectivity index (χ3n) is 15.3. The zero-order chi connectivity index (χ0) is 45.5. The molecule has 0 radical (unpaired) electrons. The molecular weight excluding hydrogens is 831 g/mol. The Labute approximate surface area is 403 Å². The summed E-state index contributed by atoms with van der Waals surface area (Å²) in [5.74, 6) is 0. The first-order valence-electron chi connectivity index (χ1n) is 24.1. The van der Waals surface area contributed by atoms with Gasteiger partial charge in [-0.2, -0.15) is 0 Å². The van der Waals surface area contributed by atoms with Crippen molar-refractivity contribution in [3.05, 3.63) is 317 Å². The summed E-state index contributed by atoms with van der Waals surface area (Å²) in [7, 11) is 0. The van der Waals surface area contributed by atoms with E-state index in [1.54, 1.807) is 0 Å². The Hall–Kier alpha value is -8.78. The zero-order valence-corrected chi connectivity index (χ0v) is 37.9. The van der Waals surface area contributed by atoms with Crippen LogP contribution in [0.5, 0.6) is 0 Å². The molecule has 1 nitrogen and oxygen atoms in total. The van der Waals surface area contributed by atoms with Crippen molar-refractivity contribution in [2.75, 3.05) is 4.90 Å². The van der Waals surface area contributed by atoms with Crippen molar-refractivity contribution < 1.29 is 0 Å². The summed E-state index contributed by atoms with van der Waals surface area (Å²) < 4.78 is 0. The maximum Gasteiger partial charge on any atom is 0.0720 e. The van der Waals surface area contributed by atoms with Crippen molar-refractivity contribution in [1.29, 1.82) is 0 Å². The molecule has 0 saturated heterocycles. The van der Waals surface area contributed by atoms with Crippen LogP contribution in [0.15, 0.2) is 273 Å². The van der Waals surface area contributed by atoms with Crippen LogP contribution in [-0.4, -0.2) is 0 Å². The largest absolute Gasteiger partial charge is 0.310 e. The van der Waals surface area contributed by atoms with Gasteiger partial charge in [0, 0.05) is 17.1 Å². The molecule has 0 atom stereocenters. The smallest absolute Gasteiger partial charge is 0.0720 e. The van der Waals surface area contributed by atoms with Gasteiger partial charge in [0.2, 0.25) is 0 Å². The van der Waals surface area contributed by atoms with E-state index in [1.807, 2.05) is 0 Å². The summed E-state index contributed by atoms with van der Waals surface area (Å²) in [6.07, 6.45) is 0. The Bertz CT molecular complexity index is 3690. The monoisotopic (exact) mass is 875 g/mol. The van der Waals surface area contributed by atoms with Gasteiger partial charge in [-0.25, -0.2) is 0 Å². The maximum atomic E-state index is 2.43. The standard InChI is InChI=1S/C68H45N/c1-3-20-46(21-4-1)48-22-17-23-49(44-48)47-40-42-52(43-41-47)69(51-25-5-2-6-26-51)53-27-18-24-50(45-53)54-31-19-39-65-66(54)57-30-9-12-34-60(57)68(65)63-37-15-13-35-61(63)67(62-36-14-16-38-64(62)68)58-32-10-7-28-55(58)56-29-8-11-33-59(56)67/h1-45H. The Kier molecular flexibility index (Phi) is 8.78. The normalized spacial score (nSPS) is 13.7. The van der Waals surface area contributed by atoms with Crippen molar-refractivity contribution in [2.45, 2.75) is 10.8 Å². The van der Waals surface area contributed by atoms with E-state index in [1.165, 1.54) is 100 Å². The van der Waals surface area contributed by atoms with Gasteiger partial charge in [-0.15, -0.1) is 0 Å². The fourth-order valence-corrected chi connectivity index (χ4v) is 12.7. The zero-order valence-electron chi connectivity index (χ0n) is 37.9. The van der Waals surface area contributed by atoms with Gasteiger partial charge < -0.3 is 4.90 Å². The number of anilines is 3. The van der Waals surface area contributed by atoms with Gasteiger partial charge >= 0.3 is 0 Å². The van der Waals surface area contributed by atoms with E-state index in [0.29, 0.717) is 0 Å². The first kappa shape index (κ1) is 39.4. The molecular formula is C68H45N. The number of benzene rings is 11. The number of nitrogens with zero attached hydrogens (tertiary/aromatic N) is 1. The Morgan fingerprint density at radius 2 is 0.565 bits per heavy atom. The molecule has 14 rings (SSSR count). The molecule has 0 heterocycles. The molecule has 69 heavy (non-hydrogen) atoms. The minimum atomic E-state index is -0.553.